The highest BCUT2D eigenvalue weighted by atomic mass is 16.5. The second-order valence-corrected chi connectivity index (χ2v) is 5.28. The first-order valence-corrected chi connectivity index (χ1v) is 6.99. The molecular formula is C18H22O2. The van der Waals surface area contributed by atoms with Crippen LogP contribution in [0.2, 0.25) is 0 Å². The molecule has 0 saturated carbocycles. The summed E-state index contributed by atoms with van der Waals surface area (Å²) in [5.41, 5.74) is 6.23. The van der Waals surface area contributed by atoms with Gasteiger partial charge in [0.1, 0.15) is 12.4 Å². The smallest absolute Gasteiger partial charge is 0.119 e. The number of hydrogen-bond donors (Lipinski definition) is 1. The lowest BCUT2D eigenvalue weighted by molar-refractivity contribution is 0.298. The molecule has 0 bridgehead atoms. The van der Waals surface area contributed by atoms with Crippen molar-refractivity contribution in [2.45, 2.75) is 33.8 Å². The highest BCUT2D eigenvalue weighted by Crippen LogP contribution is 2.20. The zero-order chi connectivity index (χ0) is 14.5. The van der Waals surface area contributed by atoms with E-state index in [-0.39, 0.29) is 6.61 Å². The Morgan fingerprint density at radius 1 is 0.950 bits per heavy atom. The van der Waals surface area contributed by atoms with Crippen molar-refractivity contribution < 1.29 is 9.84 Å². The Kier molecular flexibility index (Phi) is 4.80. The molecule has 0 amide bonds. The Morgan fingerprint density at radius 3 is 2.10 bits per heavy atom. The molecule has 2 nitrogen and oxygen atoms in total. The molecule has 0 spiro atoms. The van der Waals surface area contributed by atoms with Crippen molar-refractivity contribution in [3.05, 3.63) is 64.2 Å². The average Bonchev–Trinajstić information content (AvgIpc) is 2.39. The van der Waals surface area contributed by atoms with Gasteiger partial charge >= 0.3 is 0 Å². The van der Waals surface area contributed by atoms with Crippen LogP contribution >= 0.6 is 0 Å². The lowest BCUT2D eigenvalue weighted by atomic mass is 10.0. The maximum absolute atomic E-state index is 8.89. The number of aliphatic hydroxyl groups excluding tert-OH is 1. The van der Waals surface area contributed by atoms with Gasteiger partial charge in [0, 0.05) is 6.61 Å². The molecule has 0 aliphatic rings. The summed E-state index contributed by atoms with van der Waals surface area (Å²) >= 11 is 0. The molecule has 1 N–H and O–H groups in total. The van der Waals surface area contributed by atoms with E-state index in [0.717, 1.165) is 11.3 Å². The highest BCUT2D eigenvalue weighted by Gasteiger charge is 2.05. The van der Waals surface area contributed by atoms with Crippen LogP contribution in [0.25, 0.3) is 0 Å². The van der Waals surface area contributed by atoms with Crippen LogP contribution in [0.5, 0.6) is 5.75 Å². The second-order valence-electron chi connectivity index (χ2n) is 5.28. The Labute approximate surface area is 121 Å². The highest BCUT2D eigenvalue weighted by molar-refractivity contribution is 5.37. The normalized spacial score (nSPS) is 10.6. The fraction of sp³-hybridized carbons (Fsp3) is 0.333. The Hall–Kier alpha value is -1.80. The quantitative estimate of drug-likeness (QED) is 0.897. The molecular weight excluding hydrogens is 248 g/mol. The van der Waals surface area contributed by atoms with Crippen molar-refractivity contribution in [2.75, 3.05) is 6.61 Å². The van der Waals surface area contributed by atoms with Gasteiger partial charge in [0.25, 0.3) is 0 Å². The third kappa shape index (κ3) is 3.61. The zero-order valence-corrected chi connectivity index (χ0v) is 12.4. The topological polar surface area (TPSA) is 29.5 Å². The summed E-state index contributed by atoms with van der Waals surface area (Å²) in [5.74, 6) is 0.867. The van der Waals surface area contributed by atoms with Crippen LogP contribution in [0.15, 0.2) is 36.4 Å². The lowest BCUT2D eigenvalue weighted by Crippen LogP contribution is -2.01. The van der Waals surface area contributed by atoms with Crippen molar-refractivity contribution in [3.63, 3.8) is 0 Å². The molecule has 0 aliphatic carbocycles. The van der Waals surface area contributed by atoms with E-state index in [1.54, 1.807) is 0 Å². The molecule has 0 aliphatic heterocycles. The van der Waals surface area contributed by atoms with Gasteiger partial charge in [0.2, 0.25) is 0 Å². The van der Waals surface area contributed by atoms with Crippen LogP contribution in [0.3, 0.4) is 0 Å². The van der Waals surface area contributed by atoms with E-state index in [1.165, 1.54) is 22.3 Å². The summed E-state index contributed by atoms with van der Waals surface area (Å²) in [6.45, 7) is 7.15. The van der Waals surface area contributed by atoms with E-state index in [1.807, 2.05) is 24.3 Å². The van der Waals surface area contributed by atoms with Crippen LogP contribution in [-0.2, 0) is 13.0 Å². The molecule has 2 heteroatoms. The second kappa shape index (κ2) is 6.58. The number of ether oxygens (including phenoxy) is 1. The number of hydrogen-bond acceptors (Lipinski definition) is 2. The minimum absolute atomic E-state index is 0.182. The summed E-state index contributed by atoms with van der Waals surface area (Å²) in [6, 6.07) is 12.3. The standard InChI is InChI=1S/C18H22O2/c1-13-10-14(2)18(15(3)11-13)12-20-17-6-4-16(5-7-17)8-9-19/h4-7,10-11,19H,8-9,12H2,1-3H3. The van der Waals surface area contributed by atoms with E-state index in [0.29, 0.717) is 13.0 Å². The summed E-state index contributed by atoms with van der Waals surface area (Å²) in [4.78, 5) is 0. The number of aryl methyl sites for hydroxylation is 3. The molecule has 106 valence electrons. The average molecular weight is 270 g/mol. The van der Waals surface area contributed by atoms with Gasteiger partial charge in [0.15, 0.2) is 0 Å². The molecule has 0 heterocycles. The van der Waals surface area contributed by atoms with Crippen molar-refractivity contribution >= 4 is 0 Å². The molecule has 0 atom stereocenters. The summed E-state index contributed by atoms with van der Waals surface area (Å²) in [5, 5.41) is 8.89. The van der Waals surface area contributed by atoms with E-state index in [9.17, 15) is 0 Å². The van der Waals surface area contributed by atoms with Crippen molar-refractivity contribution in [1.29, 1.82) is 0 Å². The van der Waals surface area contributed by atoms with Gasteiger partial charge < -0.3 is 9.84 Å². The van der Waals surface area contributed by atoms with Gasteiger partial charge in [-0.2, -0.15) is 0 Å². The van der Waals surface area contributed by atoms with Crippen LogP contribution in [0, 0.1) is 20.8 Å². The molecule has 0 unspecified atom stereocenters. The first kappa shape index (κ1) is 14.6. The predicted octanol–water partition coefficient (Wildman–Crippen LogP) is 3.73. The number of rotatable bonds is 5. The van der Waals surface area contributed by atoms with Gasteiger partial charge in [-0.25, -0.2) is 0 Å². The summed E-state index contributed by atoms with van der Waals surface area (Å²) in [6.07, 6.45) is 0.691. The SMILES string of the molecule is Cc1cc(C)c(COc2ccc(CCO)cc2)c(C)c1. The largest absolute Gasteiger partial charge is 0.489 e. The van der Waals surface area contributed by atoms with Crippen LogP contribution in [0.1, 0.15) is 27.8 Å². The van der Waals surface area contributed by atoms with Gasteiger partial charge in [-0.05, 0) is 61.6 Å². The minimum atomic E-state index is 0.182. The van der Waals surface area contributed by atoms with Crippen LogP contribution < -0.4 is 4.74 Å². The molecule has 0 saturated heterocycles. The third-order valence-corrected chi connectivity index (χ3v) is 3.55. The Balaban J connectivity index is 2.05. The summed E-state index contributed by atoms with van der Waals surface area (Å²) in [7, 11) is 0. The van der Waals surface area contributed by atoms with E-state index < -0.39 is 0 Å². The molecule has 0 radical (unpaired) electrons. The Bertz CT molecular complexity index is 547. The van der Waals surface area contributed by atoms with Gasteiger partial charge in [-0.3, -0.25) is 0 Å². The van der Waals surface area contributed by atoms with Gasteiger partial charge in [-0.15, -0.1) is 0 Å². The predicted molar refractivity (Wildman–Crippen MR) is 82.2 cm³/mol. The maximum Gasteiger partial charge on any atom is 0.119 e. The minimum Gasteiger partial charge on any atom is -0.489 e. The first-order chi connectivity index (χ1) is 9.60. The first-order valence-electron chi connectivity index (χ1n) is 6.99. The molecule has 20 heavy (non-hydrogen) atoms. The number of aliphatic hydroxyl groups is 1. The van der Waals surface area contributed by atoms with Crippen molar-refractivity contribution in [2.24, 2.45) is 0 Å². The molecule has 0 fully saturated rings. The lowest BCUT2D eigenvalue weighted by Gasteiger charge is -2.13. The fourth-order valence-electron chi connectivity index (χ4n) is 2.47. The summed E-state index contributed by atoms with van der Waals surface area (Å²) < 4.78 is 5.86. The maximum atomic E-state index is 8.89. The molecule has 2 aromatic rings. The van der Waals surface area contributed by atoms with Gasteiger partial charge in [0.05, 0.1) is 0 Å². The third-order valence-electron chi connectivity index (χ3n) is 3.55. The van der Waals surface area contributed by atoms with Crippen molar-refractivity contribution in [1.82, 2.24) is 0 Å². The zero-order valence-electron chi connectivity index (χ0n) is 12.4. The van der Waals surface area contributed by atoms with Gasteiger partial charge in [-0.1, -0.05) is 29.8 Å². The molecule has 2 rings (SSSR count). The fourth-order valence-corrected chi connectivity index (χ4v) is 2.47. The number of benzene rings is 2. The van der Waals surface area contributed by atoms with Crippen molar-refractivity contribution in [3.8, 4) is 5.75 Å². The molecule has 0 aromatic heterocycles. The van der Waals surface area contributed by atoms with Crippen LogP contribution in [-0.4, -0.2) is 11.7 Å². The molecule has 2 aromatic carbocycles. The Morgan fingerprint density at radius 2 is 1.55 bits per heavy atom. The monoisotopic (exact) mass is 270 g/mol. The van der Waals surface area contributed by atoms with E-state index in [2.05, 4.69) is 32.9 Å². The van der Waals surface area contributed by atoms with E-state index >= 15 is 0 Å². The van der Waals surface area contributed by atoms with Crippen LogP contribution in [0.4, 0.5) is 0 Å². The van der Waals surface area contributed by atoms with E-state index in [4.69, 9.17) is 9.84 Å².